The molecule has 1 N–H and O–H groups in total. The molecule has 0 unspecified atom stereocenters. The van der Waals surface area contributed by atoms with Crippen molar-refractivity contribution in [2.24, 2.45) is 5.92 Å². The third kappa shape index (κ3) is 4.77. The Balaban J connectivity index is 1.82. The van der Waals surface area contributed by atoms with Crippen molar-refractivity contribution in [3.63, 3.8) is 0 Å². The van der Waals surface area contributed by atoms with Crippen LogP contribution in [0.25, 0.3) is 0 Å². The Morgan fingerprint density at radius 1 is 1.29 bits per heavy atom. The molecule has 1 aromatic carbocycles. The number of rotatable bonds is 6. The molecule has 1 fully saturated rings. The topological polar surface area (TPSA) is 59.0 Å². The van der Waals surface area contributed by atoms with Crippen molar-refractivity contribution in [2.75, 3.05) is 33.4 Å². The number of piperidine rings is 1. The first-order chi connectivity index (χ1) is 11.3. The maximum absolute atomic E-state index is 12.6. The normalized spacial score (nSPS) is 16.8. The van der Waals surface area contributed by atoms with Gasteiger partial charge in [-0.3, -0.25) is 4.90 Å². The number of benzene rings is 1. The van der Waals surface area contributed by atoms with Gasteiger partial charge in [-0.15, -0.1) is 0 Å². The van der Waals surface area contributed by atoms with Gasteiger partial charge in [-0.1, -0.05) is 0 Å². The SMILES string of the molecule is COc1cc(C(=O)O)ccc1OCCN1CCC(C(F)(F)F)CC1. The molecule has 0 bridgehead atoms. The largest absolute Gasteiger partial charge is 0.493 e. The lowest BCUT2D eigenvalue weighted by atomic mass is 9.96. The standard InChI is InChI=1S/C16H20F3NO4/c1-23-14-10-11(15(21)22)2-3-13(14)24-9-8-20-6-4-12(5-7-20)16(17,18)19/h2-3,10,12H,4-9H2,1H3,(H,21,22). The number of ether oxygens (including phenoxy) is 2. The van der Waals surface area contributed by atoms with E-state index in [-0.39, 0.29) is 18.4 Å². The predicted molar refractivity (Wildman–Crippen MR) is 80.7 cm³/mol. The summed E-state index contributed by atoms with van der Waals surface area (Å²) in [6.07, 6.45) is -3.89. The van der Waals surface area contributed by atoms with E-state index in [2.05, 4.69) is 0 Å². The zero-order valence-corrected chi connectivity index (χ0v) is 13.3. The number of alkyl halides is 3. The van der Waals surface area contributed by atoms with E-state index in [1.54, 1.807) is 0 Å². The van der Waals surface area contributed by atoms with Crippen molar-refractivity contribution in [3.05, 3.63) is 23.8 Å². The van der Waals surface area contributed by atoms with Crippen LogP contribution in [0, 0.1) is 5.92 Å². The molecule has 0 amide bonds. The number of hydrogen-bond donors (Lipinski definition) is 1. The van der Waals surface area contributed by atoms with Gasteiger partial charge in [0.05, 0.1) is 18.6 Å². The monoisotopic (exact) mass is 347 g/mol. The van der Waals surface area contributed by atoms with Gasteiger partial charge in [-0.2, -0.15) is 13.2 Å². The summed E-state index contributed by atoms with van der Waals surface area (Å²) in [4.78, 5) is 12.8. The van der Waals surface area contributed by atoms with Crippen molar-refractivity contribution < 1.29 is 32.5 Å². The number of carbonyl (C=O) groups is 1. The summed E-state index contributed by atoms with van der Waals surface area (Å²) in [6.45, 7) is 1.58. The smallest absolute Gasteiger partial charge is 0.391 e. The molecular formula is C16H20F3NO4. The molecule has 1 aromatic rings. The predicted octanol–water partition coefficient (Wildman–Crippen LogP) is 3.05. The molecule has 0 radical (unpaired) electrons. The van der Waals surface area contributed by atoms with E-state index in [1.165, 1.54) is 25.3 Å². The van der Waals surface area contributed by atoms with Crippen molar-refractivity contribution in [1.29, 1.82) is 0 Å². The molecule has 1 aliphatic rings. The molecule has 0 aliphatic carbocycles. The van der Waals surface area contributed by atoms with Crippen LogP contribution in [0.2, 0.25) is 0 Å². The van der Waals surface area contributed by atoms with Crippen molar-refractivity contribution in [1.82, 2.24) is 4.90 Å². The quantitative estimate of drug-likeness (QED) is 0.857. The number of likely N-dealkylation sites (tertiary alicyclic amines) is 1. The summed E-state index contributed by atoms with van der Waals surface area (Å²) in [7, 11) is 1.41. The van der Waals surface area contributed by atoms with Gasteiger partial charge in [-0.05, 0) is 44.1 Å². The van der Waals surface area contributed by atoms with Crippen LogP contribution in [0.15, 0.2) is 18.2 Å². The first kappa shape index (κ1) is 18.4. The number of halogens is 3. The minimum atomic E-state index is -4.11. The number of carboxylic acid groups (broad SMARTS) is 1. The van der Waals surface area contributed by atoms with Gasteiger partial charge in [0.15, 0.2) is 11.5 Å². The molecule has 1 aliphatic heterocycles. The lowest BCUT2D eigenvalue weighted by Crippen LogP contribution is -2.40. The first-order valence-electron chi connectivity index (χ1n) is 7.64. The lowest BCUT2D eigenvalue weighted by Gasteiger charge is -2.32. The van der Waals surface area contributed by atoms with Crippen LogP contribution in [0.5, 0.6) is 11.5 Å². The molecular weight excluding hydrogens is 327 g/mol. The number of carboxylic acids is 1. The number of nitrogens with zero attached hydrogens (tertiary/aromatic N) is 1. The molecule has 134 valence electrons. The summed E-state index contributed by atoms with van der Waals surface area (Å²) in [5.74, 6) is -1.55. The molecule has 1 heterocycles. The summed E-state index contributed by atoms with van der Waals surface area (Å²) < 4.78 is 48.5. The van der Waals surface area contributed by atoms with Crippen LogP contribution in [0.3, 0.4) is 0 Å². The van der Waals surface area contributed by atoms with Crippen LogP contribution < -0.4 is 9.47 Å². The number of hydrogen-bond acceptors (Lipinski definition) is 4. The van der Waals surface area contributed by atoms with Gasteiger partial charge < -0.3 is 14.6 Å². The van der Waals surface area contributed by atoms with Crippen molar-refractivity contribution in [2.45, 2.75) is 19.0 Å². The zero-order chi connectivity index (χ0) is 17.7. The molecule has 24 heavy (non-hydrogen) atoms. The van der Waals surface area contributed by atoms with Crippen LogP contribution in [-0.2, 0) is 0 Å². The van der Waals surface area contributed by atoms with E-state index in [4.69, 9.17) is 14.6 Å². The number of aromatic carboxylic acids is 1. The summed E-state index contributed by atoms with van der Waals surface area (Å²) in [5.41, 5.74) is 0.0911. The van der Waals surface area contributed by atoms with E-state index in [1.807, 2.05) is 4.90 Å². The highest BCUT2D eigenvalue weighted by molar-refractivity contribution is 5.88. The average molecular weight is 347 g/mol. The van der Waals surface area contributed by atoms with Gasteiger partial charge in [0.1, 0.15) is 6.61 Å². The summed E-state index contributed by atoms with van der Waals surface area (Å²) in [6, 6.07) is 4.29. The second kappa shape index (κ2) is 7.74. The second-order valence-corrected chi connectivity index (χ2v) is 5.68. The zero-order valence-electron chi connectivity index (χ0n) is 13.3. The fourth-order valence-corrected chi connectivity index (χ4v) is 2.69. The minimum absolute atomic E-state index is 0.0911. The van der Waals surface area contributed by atoms with Gasteiger partial charge in [0.2, 0.25) is 0 Å². The minimum Gasteiger partial charge on any atom is -0.493 e. The van der Waals surface area contributed by atoms with Crippen molar-refractivity contribution >= 4 is 5.97 Å². The fourth-order valence-electron chi connectivity index (χ4n) is 2.69. The van der Waals surface area contributed by atoms with Gasteiger partial charge in [0, 0.05) is 6.54 Å². The van der Waals surface area contributed by atoms with E-state index in [0.29, 0.717) is 37.7 Å². The van der Waals surface area contributed by atoms with Gasteiger partial charge in [-0.25, -0.2) is 4.79 Å². The third-order valence-electron chi connectivity index (χ3n) is 4.13. The Labute approximate surface area is 138 Å². The molecule has 1 saturated heterocycles. The molecule has 0 atom stereocenters. The van der Waals surface area contributed by atoms with E-state index >= 15 is 0 Å². The van der Waals surface area contributed by atoms with Crippen LogP contribution >= 0.6 is 0 Å². The maximum Gasteiger partial charge on any atom is 0.391 e. The third-order valence-corrected chi connectivity index (χ3v) is 4.13. The van der Waals surface area contributed by atoms with E-state index in [9.17, 15) is 18.0 Å². The Kier molecular flexibility index (Phi) is 5.93. The van der Waals surface area contributed by atoms with Gasteiger partial charge >= 0.3 is 12.1 Å². The molecule has 8 heteroatoms. The van der Waals surface area contributed by atoms with E-state index < -0.39 is 18.1 Å². The summed E-state index contributed by atoms with van der Waals surface area (Å²) in [5, 5.41) is 8.94. The Morgan fingerprint density at radius 3 is 2.50 bits per heavy atom. The van der Waals surface area contributed by atoms with Crippen LogP contribution in [0.1, 0.15) is 23.2 Å². The molecule has 2 rings (SSSR count). The fraction of sp³-hybridized carbons (Fsp3) is 0.562. The van der Waals surface area contributed by atoms with E-state index in [0.717, 1.165) is 0 Å². The first-order valence-corrected chi connectivity index (χ1v) is 7.64. The number of methoxy groups -OCH3 is 1. The van der Waals surface area contributed by atoms with Gasteiger partial charge in [0.25, 0.3) is 0 Å². The Morgan fingerprint density at radius 2 is 1.96 bits per heavy atom. The Bertz CT molecular complexity index is 569. The summed E-state index contributed by atoms with van der Waals surface area (Å²) >= 11 is 0. The average Bonchev–Trinajstić information content (AvgIpc) is 2.54. The molecule has 5 nitrogen and oxygen atoms in total. The maximum atomic E-state index is 12.6. The molecule has 0 saturated carbocycles. The van der Waals surface area contributed by atoms with Crippen molar-refractivity contribution in [3.8, 4) is 11.5 Å². The molecule has 0 aromatic heterocycles. The lowest BCUT2D eigenvalue weighted by molar-refractivity contribution is -0.185. The second-order valence-electron chi connectivity index (χ2n) is 5.68. The highest BCUT2D eigenvalue weighted by Crippen LogP contribution is 2.34. The molecule has 0 spiro atoms. The highest BCUT2D eigenvalue weighted by atomic mass is 19.4. The van der Waals surface area contributed by atoms with Crippen LogP contribution in [-0.4, -0.2) is 55.5 Å². The Hall–Kier alpha value is -1.96. The van der Waals surface area contributed by atoms with Crippen LogP contribution in [0.4, 0.5) is 13.2 Å². The highest BCUT2D eigenvalue weighted by Gasteiger charge is 2.40.